The highest BCUT2D eigenvalue weighted by Crippen LogP contribution is 2.20. The predicted molar refractivity (Wildman–Crippen MR) is 52.6 cm³/mol. The average molecular weight is 216 g/mol. The fourth-order valence-electron chi connectivity index (χ4n) is 1.55. The quantitative estimate of drug-likeness (QED) is 0.818. The van der Waals surface area contributed by atoms with E-state index in [4.69, 9.17) is 16.4 Å². The molecule has 1 atom stereocenters. The lowest BCUT2D eigenvalue weighted by atomic mass is 10.0. The molecule has 1 aromatic rings. The molecule has 1 N–H and O–H groups in total. The Bertz CT molecular complexity index is 326. The third kappa shape index (κ3) is 2.05. The highest BCUT2D eigenvalue weighted by Gasteiger charge is 2.17. The monoisotopic (exact) mass is 215 g/mol. The first-order valence-corrected chi connectivity index (χ1v) is 4.95. The van der Waals surface area contributed by atoms with Gasteiger partial charge in [0.05, 0.1) is 11.6 Å². The lowest BCUT2D eigenvalue weighted by Crippen LogP contribution is -2.23. The van der Waals surface area contributed by atoms with E-state index in [0.717, 1.165) is 6.42 Å². The van der Waals surface area contributed by atoms with Crippen LogP contribution in [0.5, 0.6) is 0 Å². The maximum atomic E-state index is 13.5. The first-order valence-electron chi connectivity index (χ1n) is 4.57. The Morgan fingerprint density at radius 2 is 2.43 bits per heavy atom. The maximum Gasteiger partial charge on any atom is 0.145 e. The molecule has 1 saturated heterocycles. The number of hydrogen-bond acceptors (Lipinski definition) is 2. The van der Waals surface area contributed by atoms with Gasteiger partial charge in [-0.3, -0.25) is 0 Å². The lowest BCUT2D eigenvalue weighted by Gasteiger charge is -2.09. The van der Waals surface area contributed by atoms with E-state index in [9.17, 15) is 4.39 Å². The van der Waals surface area contributed by atoms with Crippen LogP contribution in [0.4, 0.5) is 4.39 Å². The van der Waals surface area contributed by atoms with Crippen molar-refractivity contribution in [1.29, 1.82) is 0 Å². The van der Waals surface area contributed by atoms with Crippen molar-refractivity contribution in [3.05, 3.63) is 34.6 Å². The number of hydroxylamine groups is 1. The van der Waals surface area contributed by atoms with Crippen molar-refractivity contribution < 1.29 is 9.23 Å². The fourth-order valence-corrected chi connectivity index (χ4v) is 1.75. The number of halogens is 2. The molecule has 0 aromatic heterocycles. The third-order valence-corrected chi connectivity index (χ3v) is 2.61. The molecule has 1 heterocycles. The molecule has 0 bridgehead atoms. The van der Waals surface area contributed by atoms with E-state index in [0.29, 0.717) is 18.6 Å². The Hall–Kier alpha value is -0.640. The summed E-state index contributed by atoms with van der Waals surface area (Å²) in [6, 6.07) is 5.26. The van der Waals surface area contributed by atoms with Crippen LogP contribution in [-0.4, -0.2) is 12.6 Å². The van der Waals surface area contributed by atoms with Crippen LogP contribution in [0.1, 0.15) is 12.0 Å². The van der Waals surface area contributed by atoms with Gasteiger partial charge in [0.15, 0.2) is 0 Å². The zero-order valence-electron chi connectivity index (χ0n) is 7.59. The second-order valence-corrected chi connectivity index (χ2v) is 3.78. The largest absolute Gasteiger partial charge is 0.301 e. The van der Waals surface area contributed by atoms with Crippen molar-refractivity contribution in [1.82, 2.24) is 5.48 Å². The Kier molecular flexibility index (Phi) is 3.01. The SMILES string of the molecule is Fc1c(Cl)cccc1C[C@H]1CCON1. The molecule has 2 nitrogen and oxygen atoms in total. The summed E-state index contributed by atoms with van der Waals surface area (Å²) in [4.78, 5) is 4.99. The molecule has 0 radical (unpaired) electrons. The third-order valence-electron chi connectivity index (χ3n) is 2.32. The van der Waals surface area contributed by atoms with Gasteiger partial charge in [-0.15, -0.1) is 0 Å². The summed E-state index contributed by atoms with van der Waals surface area (Å²) in [7, 11) is 0. The van der Waals surface area contributed by atoms with E-state index in [1.54, 1.807) is 18.2 Å². The van der Waals surface area contributed by atoms with Gasteiger partial charge in [-0.05, 0) is 24.5 Å². The summed E-state index contributed by atoms with van der Waals surface area (Å²) in [6.07, 6.45) is 1.53. The molecule has 1 aliphatic heterocycles. The maximum absolute atomic E-state index is 13.5. The molecule has 0 aliphatic carbocycles. The minimum absolute atomic E-state index is 0.182. The number of nitrogens with one attached hydrogen (secondary N) is 1. The summed E-state index contributed by atoms with van der Waals surface area (Å²) in [6.45, 7) is 0.687. The highest BCUT2D eigenvalue weighted by molar-refractivity contribution is 6.30. The summed E-state index contributed by atoms with van der Waals surface area (Å²) in [5, 5.41) is 0.182. The topological polar surface area (TPSA) is 21.3 Å². The second kappa shape index (κ2) is 4.26. The first-order chi connectivity index (χ1) is 6.77. The van der Waals surface area contributed by atoms with E-state index in [-0.39, 0.29) is 16.9 Å². The molecule has 2 rings (SSSR count). The van der Waals surface area contributed by atoms with Crippen LogP contribution >= 0.6 is 11.6 Å². The minimum Gasteiger partial charge on any atom is -0.301 e. The van der Waals surface area contributed by atoms with E-state index in [1.807, 2.05) is 0 Å². The van der Waals surface area contributed by atoms with Gasteiger partial charge < -0.3 is 4.84 Å². The van der Waals surface area contributed by atoms with Crippen molar-refractivity contribution in [2.75, 3.05) is 6.61 Å². The van der Waals surface area contributed by atoms with Crippen molar-refractivity contribution in [2.24, 2.45) is 0 Å². The first kappa shape index (κ1) is 9.90. The van der Waals surface area contributed by atoms with E-state index in [2.05, 4.69) is 5.48 Å². The summed E-state index contributed by atoms with van der Waals surface area (Å²) >= 11 is 5.67. The molecule has 0 saturated carbocycles. The van der Waals surface area contributed by atoms with Gasteiger partial charge in [0.2, 0.25) is 0 Å². The molecular weight excluding hydrogens is 205 g/mol. The van der Waals surface area contributed by atoms with Gasteiger partial charge >= 0.3 is 0 Å². The van der Waals surface area contributed by atoms with Crippen molar-refractivity contribution in [2.45, 2.75) is 18.9 Å². The molecular formula is C10H11ClFNO. The zero-order chi connectivity index (χ0) is 9.97. The number of hydrogen-bond donors (Lipinski definition) is 1. The van der Waals surface area contributed by atoms with E-state index >= 15 is 0 Å². The second-order valence-electron chi connectivity index (χ2n) is 3.37. The van der Waals surface area contributed by atoms with E-state index < -0.39 is 0 Å². The molecule has 14 heavy (non-hydrogen) atoms. The number of rotatable bonds is 2. The zero-order valence-corrected chi connectivity index (χ0v) is 8.35. The Labute approximate surface area is 87.0 Å². The van der Waals surface area contributed by atoms with Crippen molar-refractivity contribution in [3.8, 4) is 0 Å². The average Bonchev–Trinajstić information content (AvgIpc) is 2.66. The Morgan fingerprint density at radius 1 is 1.57 bits per heavy atom. The summed E-state index contributed by atoms with van der Waals surface area (Å²) in [5.41, 5.74) is 3.48. The minimum atomic E-state index is -0.317. The molecule has 1 aliphatic rings. The van der Waals surface area contributed by atoms with Crippen LogP contribution in [0.3, 0.4) is 0 Å². The molecule has 4 heteroatoms. The Balaban J connectivity index is 2.11. The molecule has 1 fully saturated rings. The highest BCUT2D eigenvalue weighted by atomic mass is 35.5. The van der Waals surface area contributed by atoms with Crippen molar-refractivity contribution >= 4 is 11.6 Å². The molecule has 0 unspecified atom stereocenters. The predicted octanol–water partition coefficient (Wildman–Crippen LogP) is 2.32. The van der Waals surface area contributed by atoms with Gasteiger partial charge in [-0.1, -0.05) is 23.7 Å². The normalized spacial score (nSPS) is 21.4. The van der Waals surface area contributed by atoms with Crippen molar-refractivity contribution in [3.63, 3.8) is 0 Å². The van der Waals surface area contributed by atoms with Gasteiger partial charge in [-0.2, -0.15) is 5.48 Å². The molecule has 1 aromatic carbocycles. The standard InChI is InChI=1S/C10H11ClFNO/c11-9-3-1-2-7(10(9)12)6-8-4-5-14-13-8/h1-3,8,13H,4-6H2/t8-/m1/s1. The lowest BCUT2D eigenvalue weighted by molar-refractivity contribution is 0.0881. The van der Waals surface area contributed by atoms with Gasteiger partial charge in [-0.25, -0.2) is 4.39 Å². The summed E-state index contributed by atoms with van der Waals surface area (Å²) < 4.78 is 13.5. The summed E-state index contributed by atoms with van der Waals surface area (Å²) in [5.74, 6) is -0.317. The van der Waals surface area contributed by atoms with Crippen LogP contribution in [0.2, 0.25) is 5.02 Å². The Morgan fingerprint density at radius 3 is 3.14 bits per heavy atom. The number of benzene rings is 1. The molecule has 0 amide bonds. The van der Waals surface area contributed by atoms with Gasteiger partial charge in [0.25, 0.3) is 0 Å². The van der Waals surface area contributed by atoms with E-state index in [1.165, 1.54) is 0 Å². The van der Waals surface area contributed by atoms with Crippen LogP contribution < -0.4 is 5.48 Å². The van der Waals surface area contributed by atoms with Crippen LogP contribution in [0, 0.1) is 5.82 Å². The smallest absolute Gasteiger partial charge is 0.145 e. The van der Waals surface area contributed by atoms with Crippen LogP contribution in [-0.2, 0) is 11.3 Å². The van der Waals surface area contributed by atoms with Crippen LogP contribution in [0.25, 0.3) is 0 Å². The van der Waals surface area contributed by atoms with Gasteiger partial charge in [0, 0.05) is 6.04 Å². The molecule has 76 valence electrons. The fraction of sp³-hybridized carbons (Fsp3) is 0.400. The van der Waals surface area contributed by atoms with Gasteiger partial charge in [0.1, 0.15) is 5.82 Å². The van der Waals surface area contributed by atoms with Crippen LogP contribution in [0.15, 0.2) is 18.2 Å². The molecule has 0 spiro atoms.